The molecule has 0 fully saturated rings. The lowest BCUT2D eigenvalue weighted by molar-refractivity contribution is 0.505. The summed E-state index contributed by atoms with van der Waals surface area (Å²) in [5, 5.41) is 7.46. The standard InChI is InChI=1S/C7H11N.C5H10N2S.C3H9N.C2H6/c1-3-5-7(4-2)6-8;1-3-8-5(7)4(2)6;1-4(2)3;1-2/h3-5H,1-2,6,8H2;7H,2-3,6H2,1H3;1-3H3;1-2H3/b7-5+;;;. The zero-order valence-corrected chi connectivity index (χ0v) is 16.1. The third kappa shape index (κ3) is 36.3. The molecule has 0 amide bonds. The fraction of sp³-hybridized carbons (Fsp3) is 0.471. The first-order valence-corrected chi connectivity index (χ1v) is 8.16. The van der Waals surface area contributed by atoms with Crippen molar-refractivity contribution < 1.29 is 0 Å². The Morgan fingerprint density at radius 2 is 1.64 bits per heavy atom. The second-order valence-electron chi connectivity index (χ2n) is 4.01. The van der Waals surface area contributed by atoms with Crippen molar-refractivity contribution in [3.8, 4) is 0 Å². The first kappa shape index (κ1) is 28.8. The van der Waals surface area contributed by atoms with Gasteiger partial charge in [-0.3, -0.25) is 5.41 Å². The van der Waals surface area contributed by atoms with E-state index in [0.29, 0.717) is 17.3 Å². The first-order chi connectivity index (χ1) is 10.3. The van der Waals surface area contributed by atoms with Crippen molar-refractivity contribution in [1.29, 1.82) is 5.41 Å². The number of nitrogens with two attached hydrogens (primary N) is 2. The van der Waals surface area contributed by atoms with Crippen LogP contribution < -0.4 is 11.5 Å². The molecule has 0 saturated heterocycles. The second kappa shape index (κ2) is 24.7. The second-order valence-corrected chi connectivity index (χ2v) is 5.29. The van der Waals surface area contributed by atoms with E-state index in [1.165, 1.54) is 11.8 Å². The van der Waals surface area contributed by atoms with Gasteiger partial charge in [0.1, 0.15) is 5.04 Å². The van der Waals surface area contributed by atoms with Gasteiger partial charge in [0, 0.05) is 6.54 Å². The summed E-state index contributed by atoms with van der Waals surface area (Å²) < 4.78 is 0. The van der Waals surface area contributed by atoms with Gasteiger partial charge in [0.15, 0.2) is 0 Å². The quantitative estimate of drug-likeness (QED) is 0.409. The maximum atomic E-state index is 7.08. The van der Waals surface area contributed by atoms with Crippen LogP contribution in [0.5, 0.6) is 0 Å². The maximum absolute atomic E-state index is 7.08. The largest absolute Gasteiger partial charge is 0.397 e. The number of nitrogens with zero attached hydrogens (tertiary/aromatic N) is 1. The molecule has 0 aromatic carbocycles. The van der Waals surface area contributed by atoms with E-state index >= 15 is 0 Å². The van der Waals surface area contributed by atoms with Crippen LogP contribution in [-0.2, 0) is 0 Å². The van der Waals surface area contributed by atoms with Gasteiger partial charge in [-0.1, -0.05) is 58.7 Å². The van der Waals surface area contributed by atoms with Crippen molar-refractivity contribution in [1.82, 2.24) is 4.90 Å². The van der Waals surface area contributed by atoms with E-state index in [0.717, 1.165) is 11.3 Å². The Kier molecular flexibility index (Phi) is 32.3. The minimum absolute atomic E-state index is 0.358. The van der Waals surface area contributed by atoms with Gasteiger partial charge >= 0.3 is 0 Å². The van der Waals surface area contributed by atoms with Gasteiger partial charge in [0.25, 0.3) is 0 Å². The molecule has 0 aromatic rings. The van der Waals surface area contributed by atoms with Crippen LogP contribution in [0.1, 0.15) is 20.8 Å². The zero-order chi connectivity index (χ0) is 18.6. The lowest BCUT2D eigenvalue weighted by Crippen LogP contribution is -2.04. The molecule has 0 bridgehead atoms. The van der Waals surface area contributed by atoms with Crippen LogP contribution in [0, 0.1) is 5.41 Å². The Labute approximate surface area is 142 Å². The Balaban J connectivity index is -0.000000109. The molecule has 22 heavy (non-hydrogen) atoms. The number of nitrogens with one attached hydrogen (secondary N) is 1. The van der Waals surface area contributed by atoms with Crippen LogP contribution >= 0.6 is 11.8 Å². The van der Waals surface area contributed by atoms with Gasteiger partial charge in [0.2, 0.25) is 0 Å². The van der Waals surface area contributed by atoms with E-state index in [9.17, 15) is 0 Å². The fourth-order valence-corrected chi connectivity index (χ4v) is 1.08. The summed E-state index contributed by atoms with van der Waals surface area (Å²) in [6, 6.07) is 0. The highest BCUT2D eigenvalue weighted by atomic mass is 32.2. The van der Waals surface area contributed by atoms with Gasteiger partial charge in [-0.05, 0) is 32.5 Å². The van der Waals surface area contributed by atoms with Gasteiger partial charge in [-0.25, -0.2) is 0 Å². The number of allylic oxidation sites excluding steroid dienone is 2. The Bertz CT molecular complexity index is 318. The number of thioether (sulfide) groups is 1. The van der Waals surface area contributed by atoms with Crippen molar-refractivity contribution in [2.24, 2.45) is 11.5 Å². The normalized spacial score (nSPS) is 9.00. The van der Waals surface area contributed by atoms with E-state index in [-0.39, 0.29) is 0 Å². The van der Waals surface area contributed by atoms with Crippen molar-refractivity contribution in [2.75, 3.05) is 33.4 Å². The van der Waals surface area contributed by atoms with E-state index in [1.54, 1.807) is 12.2 Å². The van der Waals surface area contributed by atoms with Gasteiger partial charge in [-0.15, -0.1) is 11.8 Å². The molecule has 5 heteroatoms. The van der Waals surface area contributed by atoms with Crippen LogP contribution in [0.25, 0.3) is 0 Å². The van der Waals surface area contributed by atoms with Crippen molar-refractivity contribution in [3.63, 3.8) is 0 Å². The van der Waals surface area contributed by atoms with E-state index in [4.69, 9.17) is 16.9 Å². The molecule has 0 unspecified atom stereocenters. The summed E-state index contributed by atoms with van der Waals surface area (Å²) in [4.78, 5) is 2.00. The van der Waals surface area contributed by atoms with Crippen LogP contribution in [0.2, 0.25) is 0 Å². The summed E-state index contributed by atoms with van der Waals surface area (Å²) in [6.07, 6.45) is 5.26. The summed E-state index contributed by atoms with van der Waals surface area (Å²) in [5.41, 5.74) is 11.8. The Morgan fingerprint density at radius 1 is 1.23 bits per heavy atom. The molecule has 0 aliphatic rings. The van der Waals surface area contributed by atoms with Crippen molar-refractivity contribution in [2.45, 2.75) is 20.8 Å². The first-order valence-electron chi connectivity index (χ1n) is 7.17. The molecular formula is C17H36N4S. The predicted molar refractivity (Wildman–Crippen MR) is 108 cm³/mol. The van der Waals surface area contributed by atoms with Gasteiger partial charge in [-0.2, -0.15) is 0 Å². The molecule has 0 saturated carbocycles. The molecule has 0 radical (unpaired) electrons. The number of hydrogen-bond acceptors (Lipinski definition) is 5. The highest BCUT2D eigenvalue weighted by molar-refractivity contribution is 8.14. The minimum atomic E-state index is 0.358. The number of rotatable bonds is 5. The fourth-order valence-electron chi connectivity index (χ4n) is 0.608. The lowest BCUT2D eigenvalue weighted by atomic mass is 10.2. The Hall–Kier alpha value is -1.30. The molecule has 0 rings (SSSR count). The Morgan fingerprint density at radius 3 is 1.73 bits per heavy atom. The average Bonchev–Trinajstić information content (AvgIpc) is 2.47. The monoisotopic (exact) mass is 328 g/mol. The van der Waals surface area contributed by atoms with Crippen molar-refractivity contribution in [3.05, 3.63) is 49.2 Å². The summed E-state index contributed by atoms with van der Waals surface area (Å²) >= 11 is 1.40. The van der Waals surface area contributed by atoms with Crippen LogP contribution in [0.15, 0.2) is 49.2 Å². The molecule has 0 aliphatic carbocycles. The maximum Gasteiger partial charge on any atom is 0.110 e. The highest BCUT2D eigenvalue weighted by Gasteiger charge is 1.93. The third-order valence-electron chi connectivity index (χ3n) is 1.41. The molecular weight excluding hydrogens is 292 g/mol. The summed E-state index contributed by atoms with van der Waals surface area (Å²) in [6.45, 7) is 17.0. The predicted octanol–water partition coefficient (Wildman–Crippen LogP) is 3.64. The van der Waals surface area contributed by atoms with Crippen molar-refractivity contribution >= 4 is 16.8 Å². The number of hydrogen-bond donors (Lipinski definition) is 3. The van der Waals surface area contributed by atoms with Crippen LogP contribution in [0.3, 0.4) is 0 Å². The van der Waals surface area contributed by atoms with Crippen LogP contribution in [-0.4, -0.2) is 43.4 Å². The lowest BCUT2D eigenvalue weighted by Gasteiger charge is -1.96. The minimum Gasteiger partial charge on any atom is -0.397 e. The van der Waals surface area contributed by atoms with E-state index in [1.807, 2.05) is 52.9 Å². The van der Waals surface area contributed by atoms with Crippen LogP contribution in [0.4, 0.5) is 0 Å². The molecule has 0 heterocycles. The topological polar surface area (TPSA) is 79.1 Å². The zero-order valence-electron chi connectivity index (χ0n) is 15.3. The molecule has 0 aromatic heterocycles. The summed E-state index contributed by atoms with van der Waals surface area (Å²) in [5.74, 6) is 0.884. The van der Waals surface area contributed by atoms with E-state index < -0.39 is 0 Å². The molecule has 4 nitrogen and oxygen atoms in total. The highest BCUT2D eigenvalue weighted by Crippen LogP contribution is 2.03. The van der Waals surface area contributed by atoms with Gasteiger partial charge in [0.05, 0.1) is 5.70 Å². The molecule has 130 valence electrons. The SMILES string of the molecule is C=C(N)C(=N)SCC.C=C/C=C(\C=C)CN.CC.CN(C)C. The molecule has 0 aliphatic heterocycles. The molecule has 5 N–H and O–H groups in total. The molecule has 0 atom stereocenters. The third-order valence-corrected chi connectivity index (χ3v) is 2.25. The van der Waals surface area contributed by atoms with Gasteiger partial charge < -0.3 is 16.4 Å². The smallest absolute Gasteiger partial charge is 0.110 e. The van der Waals surface area contributed by atoms with E-state index in [2.05, 4.69) is 19.7 Å². The average molecular weight is 329 g/mol. The summed E-state index contributed by atoms with van der Waals surface area (Å²) in [7, 11) is 6.00. The molecule has 0 spiro atoms.